The standard InChI is InChI=1S/C26H27NO/c1-17(2)22-11-8-12-23(18(3)4)26(22)27-24-14-13-21(28)15-20(24)16-25(27)19-9-6-5-7-10-19/h5-18,28H,1-4H3. The van der Waals surface area contributed by atoms with Crippen LogP contribution in [0.1, 0.15) is 50.7 Å². The van der Waals surface area contributed by atoms with Gasteiger partial charge in [0, 0.05) is 5.39 Å². The normalized spacial score (nSPS) is 11.6. The lowest BCUT2D eigenvalue weighted by Crippen LogP contribution is -2.08. The van der Waals surface area contributed by atoms with E-state index in [1.54, 1.807) is 6.07 Å². The zero-order valence-corrected chi connectivity index (χ0v) is 17.0. The molecule has 0 aliphatic rings. The Morgan fingerprint density at radius 1 is 0.714 bits per heavy atom. The van der Waals surface area contributed by atoms with Crippen molar-refractivity contribution in [2.24, 2.45) is 0 Å². The zero-order valence-electron chi connectivity index (χ0n) is 17.0. The highest BCUT2D eigenvalue weighted by molar-refractivity contribution is 5.90. The molecule has 28 heavy (non-hydrogen) atoms. The largest absolute Gasteiger partial charge is 0.508 e. The van der Waals surface area contributed by atoms with Gasteiger partial charge in [-0.2, -0.15) is 0 Å². The molecule has 1 N–H and O–H groups in total. The summed E-state index contributed by atoms with van der Waals surface area (Å²) in [7, 11) is 0. The molecule has 0 radical (unpaired) electrons. The first-order valence-electron chi connectivity index (χ1n) is 10.0. The van der Waals surface area contributed by atoms with Crippen molar-refractivity contribution >= 4 is 10.9 Å². The molecule has 0 unspecified atom stereocenters. The number of para-hydroxylation sites is 1. The third-order valence-electron chi connectivity index (χ3n) is 5.42. The number of hydrogen-bond acceptors (Lipinski definition) is 1. The van der Waals surface area contributed by atoms with Crippen LogP contribution in [-0.2, 0) is 0 Å². The minimum Gasteiger partial charge on any atom is -0.508 e. The monoisotopic (exact) mass is 369 g/mol. The molecule has 0 bridgehead atoms. The molecule has 4 aromatic rings. The molecule has 0 atom stereocenters. The van der Waals surface area contributed by atoms with E-state index in [9.17, 15) is 5.11 Å². The van der Waals surface area contributed by atoms with Crippen molar-refractivity contribution in [2.75, 3.05) is 0 Å². The third-order valence-corrected chi connectivity index (χ3v) is 5.42. The van der Waals surface area contributed by atoms with Crippen LogP contribution >= 0.6 is 0 Å². The zero-order chi connectivity index (χ0) is 19.8. The Kier molecular flexibility index (Phi) is 4.72. The maximum Gasteiger partial charge on any atom is 0.116 e. The summed E-state index contributed by atoms with van der Waals surface area (Å²) in [5.74, 6) is 1.12. The molecule has 0 saturated heterocycles. The SMILES string of the molecule is CC(C)c1cccc(C(C)C)c1-n1c(-c2ccccc2)cc2cc(O)ccc21. The number of rotatable bonds is 4. The first-order chi connectivity index (χ1) is 13.5. The first-order valence-corrected chi connectivity index (χ1v) is 10.0. The Labute approximate surface area is 167 Å². The van der Waals surface area contributed by atoms with Gasteiger partial charge in [-0.3, -0.25) is 0 Å². The maximum atomic E-state index is 10.0. The van der Waals surface area contributed by atoms with Crippen molar-refractivity contribution in [3.63, 3.8) is 0 Å². The molecule has 3 aromatic carbocycles. The summed E-state index contributed by atoms with van der Waals surface area (Å²) in [6.45, 7) is 9.01. The van der Waals surface area contributed by atoms with E-state index in [-0.39, 0.29) is 0 Å². The second kappa shape index (κ2) is 7.20. The predicted molar refractivity (Wildman–Crippen MR) is 119 cm³/mol. The molecular formula is C26H27NO. The van der Waals surface area contributed by atoms with Crippen LogP contribution in [0.25, 0.3) is 27.8 Å². The molecule has 0 spiro atoms. The number of fused-ring (bicyclic) bond motifs is 1. The van der Waals surface area contributed by atoms with E-state index in [0.29, 0.717) is 17.6 Å². The summed E-state index contributed by atoms with van der Waals surface area (Å²) in [5.41, 5.74) is 7.39. The van der Waals surface area contributed by atoms with Crippen molar-refractivity contribution in [3.8, 4) is 22.7 Å². The lowest BCUT2D eigenvalue weighted by Gasteiger charge is -2.23. The highest BCUT2D eigenvalue weighted by atomic mass is 16.3. The molecule has 2 nitrogen and oxygen atoms in total. The van der Waals surface area contributed by atoms with Crippen molar-refractivity contribution in [1.82, 2.24) is 4.57 Å². The lowest BCUT2D eigenvalue weighted by molar-refractivity contribution is 0.476. The summed E-state index contributed by atoms with van der Waals surface area (Å²) in [6, 6.07) is 25.0. The Balaban J connectivity index is 2.15. The van der Waals surface area contributed by atoms with Crippen LogP contribution in [0.3, 0.4) is 0 Å². The Bertz CT molecular complexity index is 1090. The highest BCUT2D eigenvalue weighted by Gasteiger charge is 2.20. The number of benzene rings is 3. The molecule has 0 saturated carbocycles. The van der Waals surface area contributed by atoms with Crippen LogP contribution in [0.4, 0.5) is 0 Å². The summed E-state index contributed by atoms with van der Waals surface area (Å²) in [4.78, 5) is 0. The van der Waals surface area contributed by atoms with E-state index in [2.05, 4.69) is 80.8 Å². The number of phenolic OH excluding ortho intramolecular Hbond substituents is 1. The number of phenols is 1. The van der Waals surface area contributed by atoms with E-state index in [0.717, 1.165) is 16.6 Å². The average Bonchev–Trinajstić information content (AvgIpc) is 3.06. The van der Waals surface area contributed by atoms with E-state index in [1.807, 2.05) is 18.2 Å². The quantitative estimate of drug-likeness (QED) is 0.402. The van der Waals surface area contributed by atoms with E-state index in [1.165, 1.54) is 22.4 Å². The lowest BCUT2D eigenvalue weighted by atomic mass is 9.92. The molecule has 4 rings (SSSR count). The van der Waals surface area contributed by atoms with Crippen LogP contribution in [0.2, 0.25) is 0 Å². The minimum atomic E-state index is 0.297. The Morgan fingerprint density at radius 3 is 1.96 bits per heavy atom. The van der Waals surface area contributed by atoms with E-state index in [4.69, 9.17) is 0 Å². The van der Waals surface area contributed by atoms with Gasteiger partial charge in [-0.1, -0.05) is 76.2 Å². The smallest absolute Gasteiger partial charge is 0.116 e. The van der Waals surface area contributed by atoms with Gasteiger partial charge in [0.2, 0.25) is 0 Å². The Hall–Kier alpha value is -3.00. The predicted octanol–water partition coefficient (Wildman–Crippen LogP) is 7.25. The number of aromatic hydroxyl groups is 1. The molecule has 0 aliphatic heterocycles. The van der Waals surface area contributed by atoms with Gasteiger partial charge in [0.15, 0.2) is 0 Å². The van der Waals surface area contributed by atoms with Crippen LogP contribution in [0.5, 0.6) is 5.75 Å². The Morgan fingerprint density at radius 2 is 1.36 bits per heavy atom. The van der Waals surface area contributed by atoms with E-state index < -0.39 is 0 Å². The first kappa shape index (κ1) is 18.4. The van der Waals surface area contributed by atoms with Gasteiger partial charge in [-0.15, -0.1) is 0 Å². The van der Waals surface area contributed by atoms with Crippen molar-refractivity contribution in [1.29, 1.82) is 0 Å². The molecule has 142 valence electrons. The van der Waals surface area contributed by atoms with Gasteiger partial charge in [0.25, 0.3) is 0 Å². The van der Waals surface area contributed by atoms with Gasteiger partial charge < -0.3 is 9.67 Å². The third kappa shape index (κ3) is 3.09. The second-order valence-electron chi connectivity index (χ2n) is 8.07. The van der Waals surface area contributed by atoms with Crippen molar-refractivity contribution < 1.29 is 5.11 Å². The van der Waals surface area contributed by atoms with Crippen molar-refractivity contribution in [3.05, 3.63) is 83.9 Å². The molecule has 0 aliphatic carbocycles. The molecule has 0 fully saturated rings. The number of hydrogen-bond donors (Lipinski definition) is 1. The molecule has 1 heterocycles. The summed E-state index contributed by atoms with van der Waals surface area (Å²) < 4.78 is 2.38. The second-order valence-corrected chi connectivity index (χ2v) is 8.07. The summed E-state index contributed by atoms with van der Waals surface area (Å²) >= 11 is 0. The number of nitrogens with zero attached hydrogens (tertiary/aromatic N) is 1. The molecule has 0 amide bonds. The topological polar surface area (TPSA) is 25.2 Å². The van der Waals surface area contributed by atoms with Gasteiger partial charge in [-0.05, 0) is 52.8 Å². The maximum absolute atomic E-state index is 10.0. The van der Waals surface area contributed by atoms with E-state index >= 15 is 0 Å². The molecule has 1 aromatic heterocycles. The van der Waals surface area contributed by atoms with Gasteiger partial charge in [0.05, 0.1) is 16.9 Å². The average molecular weight is 370 g/mol. The van der Waals surface area contributed by atoms with Gasteiger partial charge in [-0.25, -0.2) is 0 Å². The van der Waals surface area contributed by atoms with Crippen LogP contribution < -0.4 is 0 Å². The van der Waals surface area contributed by atoms with Crippen molar-refractivity contribution in [2.45, 2.75) is 39.5 Å². The van der Waals surface area contributed by atoms with Gasteiger partial charge >= 0.3 is 0 Å². The fourth-order valence-electron chi connectivity index (χ4n) is 4.03. The molecule has 2 heteroatoms. The minimum absolute atomic E-state index is 0.297. The molecular weight excluding hydrogens is 342 g/mol. The van der Waals surface area contributed by atoms with Crippen LogP contribution in [0, 0.1) is 0 Å². The van der Waals surface area contributed by atoms with Crippen LogP contribution in [0.15, 0.2) is 72.8 Å². The fraction of sp³-hybridized carbons (Fsp3) is 0.231. The van der Waals surface area contributed by atoms with Gasteiger partial charge in [0.1, 0.15) is 5.75 Å². The van der Waals surface area contributed by atoms with Crippen LogP contribution in [-0.4, -0.2) is 9.67 Å². The summed E-state index contributed by atoms with van der Waals surface area (Å²) in [6.07, 6.45) is 0. The fourth-order valence-corrected chi connectivity index (χ4v) is 4.03. The highest BCUT2D eigenvalue weighted by Crippen LogP contribution is 2.39. The number of aromatic nitrogens is 1. The summed E-state index contributed by atoms with van der Waals surface area (Å²) in [5, 5.41) is 11.1.